The van der Waals surface area contributed by atoms with Gasteiger partial charge in [0.1, 0.15) is 4.21 Å². The van der Waals surface area contributed by atoms with Gasteiger partial charge in [0, 0.05) is 43.8 Å². The summed E-state index contributed by atoms with van der Waals surface area (Å²) in [5.41, 5.74) is 1.19. The summed E-state index contributed by atoms with van der Waals surface area (Å²) in [6.07, 6.45) is 3.32. The molecular weight excluding hydrogens is 418 g/mol. The molecule has 1 aliphatic heterocycles. The van der Waals surface area contributed by atoms with E-state index in [9.17, 15) is 13.2 Å². The number of nitrogens with zero attached hydrogens (tertiary/aromatic N) is 2. The summed E-state index contributed by atoms with van der Waals surface area (Å²) < 4.78 is 27.5. The Balaban J connectivity index is 1.42. The Bertz CT molecular complexity index is 928. The third-order valence-corrected chi connectivity index (χ3v) is 8.81. The molecule has 1 aromatic carbocycles. The summed E-state index contributed by atoms with van der Waals surface area (Å²) in [5.74, 6) is -0.310. The molecule has 3 rings (SSSR count). The zero-order chi connectivity index (χ0) is 21.6. The van der Waals surface area contributed by atoms with Gasteiger partial charge >= 0.3 is 0 Å². The number of nitrogens with one attached hydrogen (secondary N) is 1. The minimum Gasteiger partial charge on any atom is -0.375 e. The standard InChI is InChI=1S/C22H31N3O3S2/c1-18-12-13-21(29-18)30(27,28)25-16-8-9-19(17-25)22(26)23-14-6-7-15-24(2)20-10-4-3-5-11-20/h3-5,10-13,19H,6-9,14-17H2,1-2H3,(H,23,26). The first kappa shape index (κ1) is 22.8. The molecule has 30 heavy (non-hydrogen) atoms. The summed E-state index contributed by atoms with van der Waals surface area (Å²) in [4.78, 5) is 15.8. The van der Waals surface area contributed by atoms with Crippen molar-refractivity contribution in [3.8, 4) is 0 Å². The van der Waals surface area contributed by atoms with Crippen LogP contribution in [0.1, 0.15) is 30.6 Å². The van der Waals surface area contributed by atoms with Gasteiger partial charge in [0.2, 0.25) is 5.91 Å². The number of rotatable bonds is 9. The number of piperidine rings is 1. The number of thiophene rings is 1. The Labute approximate surface area is 183 Å². The van der Waals surface area contributed by atoms with Crippen LogP contribution in [0.2, 0.25) is 0 Å². The molecule has 1 amide bonds. The van der Waals surface area contributed by atoms with Crippen LogP contribution in [0.5, 0.6) is 0 Å². The number of para-hydroxylation sites is 1. The number of amides is 1. The monoisotopic (exact) mass is 449 g/mol. The van der Waals surface area contributed by atoms with Crippen molar-refractivity contribution in [2.45, 2.75) is 36.8 Å². The SMILES string of the molecule is Cc1ccc(S(=O)(=O)N2CCCC(C(=O)NCCCCN(C)c3ccccc3)C2)s1. The van der Waals surface area contributed by atoms with Gasteiger partial charge in [0.15, 0.2) is 0 Å². The first-order valence-corrected chi connectivity index (χ1v) is 12.7. The molecule has 1 N–H and O–H groups in total. The predicted molar refractivity (Wildman–Crippen MR) is 122 cm³/mol. The second kappa shape index (κ2) is 10.4. The van der Waals surface area contributed by atoms with Gasteiger partial charge in [-0.05, 0) is 56.9 Å². The van der Waals surface area contributed by atoms with Gasteiger partial charge in [0.25, 0.3) is 10.0 Å². The van der Waals surface area contributed by atoms with Crippen LogP contribution in [0.3, 0.4) is 0 Å². The average molecular weight is 450 g/mol. The molecule has 0 radical (unpaired) electrons. The van der Waals surface area contributed by atoms with Gasteiger partial charge in [-0.3, -0.25) is 4.79 Å². The highest BCUT2D eigenvalue weighted by Crippen LogP contribution is 2.28. The molecule has 1 saturated heterocycles. The third kappa shape index (κ3) is 5.83. The van der Waals surface area contributed by atoms with Crippen LogP contribution in [0.25, 0.3) is 0 Å². The lowest BCUT2D eigenvalue weighted by atomic mass is 9.99. The Morgan fingerprint density at radius 1 is 1.20 bits per heavy atom. The summed E-state index contributed by atoms with van der Waals surface area (Å²) in [6, 6.07) is 13.7. The van der Waals surface area contributed by atoms with Crippen molar-refractivity contribution in [2.24, 2.45) is 5.92 Å². The van der Waals surface area contributed by atoms with E-state index in [0.29, 0.717) is 23.7 Å². The molecule has 0 spiro atoms. The molecule has 1 fully saturated rings. The highest BCUT2D eigenvalue weighted by molar-refractivity contribution is 7.91. The lowest BCUT2D eigenvalue weighted by Gasteiger charge is -2.30. The van der Waals surface area contributed by atoms with E-state index in [1.807, 2.05) is 31.2 Å². The molecule has 164 valence electrons. The van der Waals surface area contributed by atoms with E-state index in [0.717, 1.165) is 30.7 Å². The zero-order valence-electron chi connectivity index (χ0n) is 17.7. The second-order valence-electron chi connectivity index (χ2n) is 7.82. The normalized spacial score (nSPS) is 17.6. The quantitative estimate of drug-likeness (QED) is 0.595. The van der Waals surface area contributed by atoms with Crippen LogP contribution >= 0.6 is 11.3 Å². The van der Waals surface area contributed by atoms with Crippen molar-refractivity contribution in [1.82, 2.24) is 9.62 Å². The number of hydrogen-bond donors (Lipinski definition) is 1. The molecular formula is C22H31N3O3S2. The van der Waals surface area contributed by atoms with Crippen molar-refractivity contribution in [3.05, 3.63) is 47.3 Å². The van der Waals surface area contributed by atoms with Crippen LogP contribution in [0, 0.1) is 12.8 Å². The molecule has 2 aromatic rings. The molecule has 1 aliphatic rings. The first-order chi connectivity index (χ1) is 14.4. The molecule has 0 aliphatic carbocycles. The maximum absolute atomic E-state index is 12.8. The zero-order valence-corrected chi connectivity index (χ0v) is 19.3. The summed E-state index contributed by atoms with van der Waals surface area (Å²) in [6.45, 7) is 4.19. The van der Waals surface area contributed by atoms with Gasteiger partial charge < -0.3 is 10.2 Å². The lowest BCUT2D eigenvalue weighted by molar-refractivity contribution is -0.126. The van der Waals surface area contributed by atoms with Crippen molar-refractivity contribution in [3.63, 3.8) is 0 Å². The molecule has 0 saturated carbocycles. The third-order valence-electron chi connectivity index (χ3n) is 5.48. The van der Waals surface area contributed by atoms with Gasteiger partial charge in [-0.1, -0.05) is 18.2 Å². The van der Waals surface area contributed by atoms with Crippen molar-refractivity contribution in [1.29, 1.82) is 0 Å². The van der Waals surface area contributed by atoms with Crippen LogP contribution in [0.4, 0.5) is 5.69 Å². The topological polar surface area (TPSA) is 69.7 Å². The maximum Gasteiger partial charge on any atom is 0.252 e. The molecule has 8 heteroatoms. The lowest BCUT2D eigenvalue weighted by Crippen LogP contribution is -2.45. The Morgan fingerprint density at radius 3 is 2.67 bits per heavy atom. The van der Waals surface area contributed by atoms with Crippen LogP contribution in [-0.4, -0.2) is 51.9 Å². The molecule has 6 nitrogen and oxygen atoms in total. The van der Waals surface area contributed by atoms with Crippen LogP contribution < -0.4 is 10.2 Å². The van der Waals surface area contributed by atoms with Crippen molar-refractivity contribution in [2.75, 3.05) is 38.1 Å². The highest BCUT2D eigenvalue weighted by Gasteiger charge is 2.33. The van der Waals surface area contributed by atoms with Gasteiger partial charge in [-0.15, -0.1) is 11.3 Å². The molecule has 1 aromatic heterocycles. The highest BCUT2D eigenvalue weighted by atomic mass is 32.2. The molecule has 2 heterocycles. The van der Waals surface area contributed by atoms with Gasteiger partial charge in [-0.2, -0.15) is 4.31 Å². The molecule has 1 atom stereocenters. The Hall–Kier alpha value is -1.90. The average Bonchev–Trinajstić information content (AvgIpc) is 3.21. The predicted octanol–water partition coefficient (Wildman–Crippen LogP) is 3.49. The summed E-state index contributed by atoms with van der Waals surface area (Å²) in [5, 5.41) is 3.01. The van der Waals surface area contributed by atoms with Crippen molar-refractivity contribution >= 4 is 33.0 Å². The van der Waals surface area contributed by atoms with E-state index < -0.39 is 10.0 Å². The van der Waals surface area contributed by atoms with E-state index in [1.54, 1.807) is 6.07 Å². The first-order valence-electron chi connectivity index (χ1n) is 10.5. The second-order valence-corrected chi connectivity index (χ2v) is 11.3. The number of carbonyl (C=O) groups is 1. The summed E-state index contributed by atoms with van der Waals surface area (Å²) >= 11 is 1.28. The van der Waals surface area contributed by atoms with E-state index in [4.69, 9.17) is 0 Å². The molecule has 1 unspecified atom stereocenters. The number of aryl methyl sites for hydroxylation is 1. The van der Waals surface area contributed by atoms with Gasteiger partial charge in [-0.25, -0.2) is 8.42 Å². The number of sulfonamides is 1. The Kier molecular flexibility index (Phi) is 7.91. The maximum atomic E-state index is 12.8. The van der Waals surface area contributed by atoms with Crippen LogP contribution in [0.15, 0.2) is 46.7 Å². The number of unbranched alkanes of at least 4 members (excludes halogenated alkanes) is 1. The van der Waals surface area contributed by atoms with Crippen molar-refractivity contribution < 1.29 is 13.2 Å². The minimum atomic E-state index is -3.51. The smallest absolute Gasteiger partial charge is 0.252 e. The summed E-state index contributed by atoms with van der Waals surface area (Å²) in [7, 11) is -1.44. The number of benzene rings is 1. The minimum absolute atomic E-state index is 0.0336. The van der Waals surface area contributed by atoms with Crippen LogP contribution in [-0.2, 0) is 14.8 Å². The largest absolute Gasteiger partial charge is 0.375 e. The number of hydrogen-bond acceptors (Lipinski definition) is 5. The Morgan fingerprint density at radius 2 is 1.97 bits per heavy atom. The number of anilines is 1. The fourth-order valence-electron chi connectivity index (χ4n) is 3.69. The fraction of sp³-hybridized carbons (Fsp3) is 0.500. The van der Waals surface area contributed by atoms with E-state index in [-0.39, 0.29) is 18.4 Å². The van der Waals surface area contributed by atoms with E-state index in [2.05, 4.69) is 29.4 Å². The van der Waals surface area contributed by atoms with E-state index in [1.165, 1.54) is 21.3 Å². The van der Waals surface area contributed by atoms with Gasteiger partial charge in [0.05, 0.1) is 5.92 Å². The number of carbonyl (C=O) groups excluding carboxylic acids is 1. The fourth-order valence-corrected chi connectivity index (χ4v) is 6.66. The van der Waals surface area contributed by atoms with E-state index >= 15 is 0 Å². The molecule has 0 bridgehead atoms.